The van der Waals surface area contributed by atoms with Gasteiger partial charge in [0.2, 0.25) is 5.91 Å². The van der Waals surface area contributed by atoms with Gasteiger partial charge in [0, 0.05) is 17.5 Å². The van der Waals surface area contributed by atoms with Gasteiger partial charge >= 0.3 is 0 Å². The van der Waals surface area contributed by atoms with Gasteiger partial charge in [-0.25, -0.2) is 14.9 Å². The summed E-state index contributed by atoms with van der Waals surface area (Å²) >= 11 is 0. The van der Waals surface area contributed by atoms with E-state index in [1.807, 2.05) is 20.8 Å². The van der Waals surface area contributed by atoms with Gasteiger partial charge < -0.3 is 26.0 Å². The van der Waals surface area contributed by atoms with Gasteiger partial charge in [0.1, 0.15) is 23.9 Å². The fraction of sp³-hybridized carbons (Fsp3) is 0.633. The van der Waals surface area contributed by atoms with E-state index in [1.54, 1.807) is 26.1 Å². The van der Waals surface area contributed by atoms with Gasteiger partial charge in [-0.1, -0.05) is 40.0 Å². The zero-order valence-corrected chi connectivity index (χ0v) is 26.4. The molecule has 2 heterocycles. The van der Waals surface area contributed by atoms with E-state index in [0.717, 1.165) is 32.1 Å². The molecular formula is C30H46ClN7O4. The Balaban J connectivity index is 0.00000484. The molecule has 1 saturated carbocycles. The number of imide groups is 1. The molecule has 12 heteroatoms. The zero-order chi connectivity index (χ0) is 29.7. The van der Waals surface area contributed by atoms with Crippen molar-refractivity contribution in [2.45, 2.75) is 96.8 Å². The summed E-state index contributed by atoms with van der Waals surface area (Å²) in [5.41, 5.74) is 0.250. The highest BCUT2D eigenvalue weighted by atomic mass is 35.5. The molecule has 4 rings (SSSR count). The number of nitrogens with one attached hydrogen (secondary N) is 4. The molecule has 0 spiro atoms. The summed E-state index contributed by atoms with van der Waals surface area (Å²) in [5.74, 6) is -0.238. The molecule has 1 aliphatic heterocycles. The number of amides is 3. The number of hydrogen-bond acceptors (Lipinski definition) is 9. The number of fused-ring (bicyclic) bond motifs is 1. The Morgan fingerprint density at radius 1 is 1.07 bits per heavy atom. The Bertz CT molecular complexity index is 1260. The molecule has 3 atom stereocenters. The molecule has 1 aromatic carbocycles. The summed E-state index contributed by atoms with van der Waals surface area (Å²) in [4.78, 5) is 51.7. The first kappa shape index (κ1) is 33.5. The molecule has 0 radical (unpaired) electrons. The summed E-state index contributed by atoms with van der Waals surface area (Å²) < 4.78 is 5.74. The van der Waals surface area contributed by atoms with Gasteiger partial charge in [0.15, 0.2) is 0 Å². The van der Waals surface area contributed by atoms with Crippen molar-refractivity contribution < 1.29 is 19.1 Å². The summed E-state index contributed by atoms with van der Waals surface area (Å²) in [6.45, 7) is 8.02. The van der Waals surface area contributed by atoms with Crippen LogP contribution in [0.3, 0.4) is 0 Å². The molecule has 1 aromatic heterocycles. The average Bonchev–Trinajstić information content (AvgIpc) is 3.50. The van der Waals surface area contributed by atoms with Gasteiger partial charge in [-0.3, -0.25) is 14.4 Å². The van der Waals surface area contributed by atoms with Crippen LogP contribution in [0.4, 0.5) is 11.5 Å². The van der Waals surface area contributed by atoms with E-state index in [4.69, 9.17) is 4.74 Å². The second-order valence-corrected chi connectivity index (χ2v) is 12.2. The minimum Gasteiger partial charge on any atom is -0.494 e. The molecule has 11 nitrogen and oxygen atoms in total. The van der Waals surface area contributed by atoms with E-state index in [0.29, 0.717) is 47.2 Å². The molecule has 4 N–H and O–H groups in total. The molecule has 0 bridgehead atoms. The van der Waals surface area contributed by atoms with Gasteiger partial charge in [-0.15, -0.1) is 12.4 Å². The van der Waals surface area contributed by atoms with Crippen LogP contribution in [-0.4, -0.2) is 72.6 Å². The monoisotopic (exact) mass is 603 g/mol. The first-order valence-electron chi connectivity index (χ1n) is 14.7. The lowest BCUT2D eigenvalue weighted by atomic mass is 9.85. The number of ether oxygens (including phenoxy) is 1. The van der Waals surface area contributed by atoms with Crippen LogP contribution in [0, 0.1) is 5.41 Å². The second kappa shape index (κ2) is 14.4. The molecule has 2 fully saturated rings. The SMILES string of the molecule is CN[C@@H](C)C(=O)N[C@H](C(=O)N(C(=O)[C@@H]1CCCN1)c1cc2c(NC3CCCCC3)ncnc2cc1OC)C(C)(C)C.Cl. The number of anilines is 2. The summed E-state index contributed by atoms with van der Waals surface area (Å²) in [5, 5.41) is 13.3. The number of hydrogen-bond donors (Lipinski definition) is 4. The molecule has 232 valence electrons. The second-order valence-electron chi connectivity index (χ2n) is 12.2. The number of halogens is 1. The molecule has 2 aliphatic rings. The van der Waals surface area contributed by atoms with Crippen molar-refractivity contribution in [1.29, 1.82) is 0 Å². The first-order valence-corrected chi connectivity index (χ1v) is 14.7. The lowest BCUT2D eigenvalue weighted by Gasteiger charge is -2.36. The third-order valence-electron chi connectivity index (χ3n) is 8.15. The Labute approximate surface area is 254 Å². The van der Waals surface area contributed by atoms with Gasteiger partial charge in [-0.2, -0.15) is 0 Å². The number of nitrogens with zero attached hydrogens (tertiary/aromatic N) is 3. The number of likely N-dealkylation sites (N-methyl/N-ethyl adjacent to an activating group) is 1. The van der Waals surface area contributed by atoms with Crippen LogP contribution in [-0.2, 0) is 14.4 Å². The predicted molar refractivity (Wildman–Crippen MR) is 167 cm³/mol. The maximum Gasteiger partial charge on any atom is 0.257 e. The van der Waals surface area contributed by atoms with Crippen LogP contribution >= 0.6 is 12.4 Å². The van der Waals surface area contributed by atoms with Crippen LogP contribution in [0.2, 0.25) is 0 Å². The highest BCUT2D eigenvalue weighted by Gasteiger charge is 2.42. The Kier molecular flexibility index (Phi) is 11.5. The molecule has 3 amide bonds. The van der Waals surface area contributed by atoms with E-state index >= 15 is 0 Å². The van der Waals surface area contributed by atoms with Crippen LogP contribution in [0.1, 0.15) is 72.6 Å². The Morgan fingerprint density at radius 2 is 1.79 bits per heavy atom. The number of benzene rings is 1. The number of aromatic nitrogens is 2. The lowest BCUT2D eigenvalue weighted by Crippen LogP contribution is -2.60. The van der Waals surface area contributed by atoms with Crippen LogP contribution < -0.4 is 30.9 Å². The fourth-order valence-corrected chi connectivity index (χ4v) is 5.54. The predicted octanol–water partition coefficient (Wildman–Crippen LogP) is 3.56. The van der Waals surface area contributed by atoms with Crippen molar-refractivity contribution in [3.63, 3.8) is 0 Å². The molecule has 2 aromatic rings. The number of methoxy groups -OCH3 is 1. The minimum atomic E-state index is -0.983. The normalized spacial score (nSPS) is 19.0. The van der Waals surface area contributed by atoms with Crippen molar-refractivity contribution in [2.24, 2.45) is 5.41 Å². The molecule has 1 saturated heterocycles. The molecule has 1 aliphatic carbocycles. The fourth-order valence-electron chi connectivity index (χ4n) is 5.54. The summed E-state index contributed by atoms with van der Waals surface area (Å²) in [6, 6.07) is 1.77. The largest absolute Gasteiger partial charge is 0.494 e. The van der Waals surface area contributed by atoms with Crippen LogP contribution in [0.25, 0.3) is 10.9 Å². The number of carbonyl (C=O) groups is 3. The van der Waals surface area contributed by atoms with Gasteiger partial charge in [0.25, 0.3) is 11.8 Å². The van der Waals surface area contributed by atoms with Gasteiger partial charge in [-0.05, 0) is 57.7 Å². The summed E-state index contributed by atoms with van der Waals surface area (Å²) in [7, 11) is 3.19. The molecule has 42 heavy (non-hydrogen) atoms. The van der Waals surface area contributed by atoms with Crippen LogP contribution in [0.5, 0.6) is 5.75 Å². The Hall–Kier alpha value is -3.02. The highest BCUT2D eigenvalue weighted by molar-refractivity contribution is 6.20. The van der Waals surface area contributed by atoms with E-state index in [-0.39, 0.29) is 24.2 Å². The lowest BCUT2D eigenvalue weighted by molar-refractivity contribution is -0.134. The smallest absolute Gasteiger partial charge is 0.257 e. The van der Waals surface area contributed by atoms with Crippen molar-refractivity contribution in [2.75, 3.05) is 30.9 Å². The first-order chi connectivity index (χ1) is 19.5. The van der Waals surface area contributed by atoms with Crippen molar-refractivity contribution >= 4 is 52.5 Å². The highest BCUT2D eigenvalue weighted by Crippen LogP contribution is 2.37. The van der Waals surface area contributed by atoms with Crippen molar-refractivity contribution in [1.82, 2.24) is 25.9 Å². The van der Waals surface area contributed by atoms with Crippen molar-refractivity contribution in [3.8, 4) is 5.75 Å². The van der Waals surface area contributed by atoms with Crippen molar-refractivity contribution in [3.05, 3.63) is 18.5 Å². The van der Waals surface area contributed by atoms with E-state index in [1.165, 1.54) is 24.8 Å². The maximum absolute atomic E-state index is 14.5. The summed E-state index contributed by atoms with van der Waals surface area (Å²) in [6.07, 6.45) is 8.63. The maximum atomic E-state index is 14.5. The van der Waals surface area contributed by atoms with E-state index in [9.17, 15) is 14.4 Å². The third-order valence-corrected chi connectivity index (χ3v) is 8.15. The Morgan fingerprint density at radius 3 is 2.38 bits per heavy atom. The standard InChI is InChI=1S/C30H45N7O4.ClH/c1-18(31-5)27(38)36-25(30(2,3)4)29(40)37(28(39)21-13-10-14-32-21)23-15-20-22(16-24(23)41-6)33-17-34-26(20)35-19-11-8-7-9-12-19;/h15-19,21,25,31-32H,7-14H2,1-6H3,(H,36,38)(H,33,34,35);1H/t18-,21-,25+;/m0./s1. The number of rotatable bonds is 9. The quantitative estimate of drug-likeness (QED) is 0.339. The zero-order valence-electron chi connectivity index (χ0n) is 25.6. The average molecular weight is 604 g/mol. The molecular weight excluding hydrogens is 558 g/mol. The topological polar surface area (TPSA) is 138 Å². The minimum absolute atomic E-state index is 0. The third kappa shape index (κ3) is 7.48. The van der Waals surface area contributed by atoms with E-state index in [2.05, 4.69) is 31.2 Å². The molecule has 0 unspecified atom stereocenters. The van der Waals surface area contributed by atoms with E-state index < -0.39 is 29.4 Å². The van der Waals surface area contributed by atoms with Gasteiger partial charge in [0.05, 0.1) is 30.4 Å². The number of carbonyl (C=O) groups excluding carboxylic acids is 3. The van der Waals surface area contributed by atoms with Crippen LogP contribution in [0.15, 0.2) is 18.5 Å².